The second kappa shape index (κ2) is 4.92. The average molecular weight is 236 g/mol. The number of pyridine rings is 1. The Hall–Kier alpha value is -1.95. The second-order valence-corrected chi connectivity index (χ2v) is 3.35. The summed E-state index contributed by atoms with van der Waals surface area (Å²) in [5.41, 5.74) is 5.89. The van der Waals surface area contributed by atoms with Gasteiger partial charge in [0.2, 0.25) is 0 Å². The number of aromatic nitrogens is 3. The number of alkyl halides is 2. The Morgan fingerprint density at radius 3 is 2.71 bits per heavy atom. The first kappa shape index (κ1) is 11.5. The van der Waals surface area contributed by atoms with Gasteiger partial charge in [-0.05, 0) is 12.1 Å². The first-order valence-corrected chi connectivity index (χ1v) is 4.97. The van der Waals surface area contributed by atoms with Gasteiger partial charge in [-0.25, -0.2) is 18.7 Å². The summed E-state index contributed by atoms with van der Waals surface area (Å²) < 4.78 is 25.5. The molecule has 4 nitrogen and oxygen atoms in total. The molecule has 0 saturated carbocycles. The zero-order valence-corrected chi connectivity index (χ0v) is 8.85. The molecule has 0 atom stereocenters. The highest BCUT2D eigenvalue weighted by atomic mass is 19.3. The standard InChI is InChI=1S/C11H10F2N4/c12-10(13)9-8(4-14)6-16-11(17-9)7-2-1-3-15-5-7/h1-3,5-6,10H,4,14H2. The van der Waals surface area contributed by atoms with E-state index in [9.17, 15) is 8.78 Å². The number of hydrogen-bond acceptors (Lipinski definition) is 4. The van der Waals surface area contributed by atoms with Crippen LogP contribution in [0.15, 0.2) is 30.7 Å². The maximum absolute atomic E-state index is 12.7. The van der Waals surface area contributed by atoms with Gasteiger partial charge in [0.1, 0.15) is 5.69 Å². The van der Waals surface area contributed by atoms with E-state index in [1.54, 1.807) is 18.3 Å². The van der Waals surface area contributed by atoms with Crippen LogP contribution in [0.1, 0.15) is 17.7 Å². The van der Waals surface area contributed by atoms with Crippen LogP contribution < -0.4 is 5.73 Å². The van der Waals surface area contributed by atoms with Crippen molar-refractivity contribution in [1.29, 1.82) is 0 Å². The van der Waals surface area contributed by atoms with Crippen LogP contribution in [0.25, 0.3) is 11.4 Å². The van der Waals surface area contributed by atoms with Crippen molar-refractivity contribution in [2.24, 2.45) is 5.73 Å². The van der Waals surface area contributed by atoms with Crippen molar-refractivity contribution >= 4 is 0 Å². The van der Waals surface area contributed by atoms with E-state index in [1.165, 1.54) is 12.4 Å². The Morgan fingerprint density at radius 1 is 1.29 bits per heavy atom. The molecule has 0 bridgehead atoms. The summed E-state index contributed by atoms with van der Waals surface area (Å²) in [5.74, 6) is 0.227. The Balaban J connectivity index is 2.48. The fourth-order valence-electron chi connectivity index (χ4n) is 1.40. The largest absolute Gasteiger partial charge is 0.326 e. The number of nitrogens with two attached hydrogens (primary N) is 1. The topological polar surface area (TPSA) is 64.7 Å². The lowest BCUT2D eigenvalue weighted by atomic mass is 10.2. The lowest BCUT2D eigenvalue weighted by Gasteiger charge is -2.07. The molecule has 0 aliphatic heterocycles. The zero-order chi connectivity index (χ0) is 12.3. The molecule has 2 rings (SSSR count). The highest BCUT2D eigenvalue weighted by Crippen LogP contribution is 2.23. The second-order valence-electron chi connectivity index (χ2n) is 3.35. The molecule has 0 unspecified atom stereocenters. The molecule has 0 saturated heterocycles. The first-order chi connectivity index (χ1) is 8.22. The monoisotopic (exact) mass is 236 g/mol. The molecule has 2 N–H and O–H groups in total. The fraction of sp³-hybridized carbons (Fsp3) is 0.182. The minimum atomic E-state index is -2.66. The van der Waals surface area contributed by atoms with E-state index in [1.807, 2.05) is 0 Å². The third-order valence-corrected chi connectivity index (χ3v) is 2.24. The Kier molecular flexibility index (Phi) is 3.34. The zero-order valence-electron chi connectivity index (χ0n) is 8.85. The van der Waals surface area contributed by atoms with Gasteiger partial charge in [-0.2, -0.15) is 0 Å². The predicted octanol–water partition coefficient (Wildman–Crippen LogP) is 1.93. The number of rotatable bonds is 3. The van der Waals surface area contributed by atoms with Gasteiger partial charge in [-0.1, -0.05) is 0 Å². The van der Waals surface area contributed by atoms with Crippen LogP contribution in [0.2, 0.25) is 0 Å². The van der Waals surface area contributed by atoms with Crippen LogP contribution in [0.4, 0.5) is 8.78 Å². The minimum absolute atomic E-state index is 0.00695. The molecule has 6 heteroatoms. The predicted molar refractivity (Wildman–Crippen MR) is 58.1 cm³/mol. The molecule has 2 heterocycles. The van der Waals surface area contributed by atoms with Crippen molar-refractivity contribution < 1.29 is 8.78 Å². The van der Waals surface area contributed by atoms with Crippen molar-refractivity contribution in [2.45, 2.75) is 13.0 Å². The van der Waals surface area contributed by atoms with Crippen molar-refractivity contribution in [2.75, 3.05) is 0 Å². The fourth-order valence-corrected chi connectivity index (χ4v) is 1.40. The molecule has 0 fully saturated rings. The summed E-state index contributed by atoms with van der Waals surface area (Å²) >= 11 is 0. The Morgan fingerprint density at radius 2 is 2.12 bits per heavy atom. The molecule has 17 heavy (non-hydrogen) atoms. The summed E-state index contributed by atoms with van der Waals surface area (Å²) in [6.45, 7) is -0.00695. The molecule has 0 aromatic carbocycles. The number of halogens is 2. The van der Waals surface area contributed by atoms with Crippen molar-refractivity contribution in [1.82, 2.24) is 15.0 Å². The van der Waals surface area contributed by atoms with Crippen LogP contribution in [-0.2, 0) is 6.54 Å². The summed E-state index contributed by atoms with van der Waals surface area (Å²) in [4.78, 5) is 11.7. The van der Waals surface area contributed by atoms with Gasteiger partial charge < -0.3 is 5.73 Å². The Bertz CT molecular complexity index is 502. The number of nitrogens with zero attached hydrogens (tertiary/aromatic N) is 3. The van der Waals surface area contributed by atoms with E-state index in [0.717, 1.165) is 0 Å². The molecule has 2 aromatic heterocycles. The van der Waals surface area contributed by atoms with E-state index < -0.39 is 6.43 Å². The summed E-state index contributed by atoms with van der Waals surface area (Å²) in [5, 5.41) is 0. The molecule has 0 spiro atoms. The van der Waals surface area contributed by atoms with Gasteiger partial charge in [0, 0.05) is 36.3 Å². The molecule has 0 radical (unpaired) electrons. The van der Waals surface area contributed by atoms with E-state index in [2.05, 4.69) is 15.0 Å². The molecule has 0 amide bonds. The molecule has 88 valence electrons. The SMILES string of the molecule is NCc1cnc(-c2cccnc2)nc1C(F)F. The lowest BCUT2D eigenvalue weighted by molar-refractivity contribution is 0.144. The summed E-state index contributed by atoms with van der Waals surface area (Å²) in [6.07, 6.45) is 1.78. The van der Waals surface area contributed by atoms with Gasteiger partial charge in [0.25, 0.3) is 6.43 Å². The molecule has 0 aliphatic rings. The van der Waals surface area contributed by atoms with Gasteiger partial charge in [0.15, 0.2) is 5.82 Å². The van der Waals surface area contributed by atoms with E-state index >= 15 is 0 Å². The minimum Gasteiger partial charge on any atom is -0.326 e. The van der Waals surface area contributed by atoms with Crippen LogP contribution in [0, 0.1) is 0 Å². The first-order valence-electron chi connectivity index (χ1n) is 4.97. The summed E-state index contributed by atoms with van der Waals surface area (Å²) in [6, 6.07) is 3.40. The van der Waals surface area contributed by atoms with E-state index in [-0.39, 0.29) is 23.6 Å². The van der Waals surface area contributed by atoms with E-state index in [4.69, 9.17) is 5.73 Å². The van der Waals surface area contributed by atoms with E-state index in [0.29, 0.717) is 5.56 Å². The third-order valence-electron chi connectivity index (χ3n) is 2.24. The van der Waals surface area contributed by atoms with Crippen molar-refractivity contribution in [3.05, 3.63) is 42.0 Å². The van der Waals surface area contributed by atoms with Crippen molar-refractivity contribution in [3.8, 4) is 11.4 Å². The van der Waals surface area contributed by atoms with Gasteiger partial charge in [0.05, 0.1) is 0 Å². The average Bonchev–Trinajstić information content (AvgIpc) is 2.39. The molecule has 0 aliphatic carbocycles. The van der Waals surface area contributed by atoms with Crippen LogP contribution in [0.5, 0.6) is 0 Å². The highest BCUT2D eigenvalue weighted by molar-refractivity contribution is 5.53. The third kappa shape index (κ3) is 2.42. The Labute approximate surface area is 96.5 Å². The molecular formula is C11H10F2N4. The highest BCUT2D eigenvalue weighted by Gasteiger charge is 2.16. The van der Waals surface area contributed by atoms with Crippen LogP contribution in [-0.4, -0.2) is 15.0 Å². The van der Waals surface area contributed by atoms with Crippen LogP contribution in [0.3, 0.4) is 0 Å². The quantitative estimate of drug-likeness (QED) is 0.884. The normalized spacial score (nSPS) is 10.8. The summed E-state index contributed by atoms with van der Waals surface area (Å²) in [7, 11) is 0. The van der Waals surface area contributed by atoms with Crippen LogP contribution >= 0.6 is 0 Å². The van der Waals surface area contributed by atoms with Gasteiger partial charge in [-0.15, -0.1) is 0 Å². The number of hydrogen-bond donors (Lipinski definition) is 1. The smallest absolute Gasteiger partial charge is 0.280 e. The molecule has 2 aromatic rings. The molecular weight excluding hydrogens is 226 g/mol. The van der Waals surface area contributed by atoms with Gasteiger partial charge in [-0.3, -0.25) is 4.98 Å². The maximum atomic E-state index is 12.7. The van der Waals surface area contributed by atoms with Gasteiger partial charge >= 0.3 is 0 Å². The van der Waals surface area contributed by atoms with Crippen molar-refractivity contribution in [3.63, 3.8) is 0 Å². The maximum Gasteiger partial charge on any atom is 0.280 e. The lowest BCUT2D eigenvalue weighted by Crippen LogP contribution is -2.06.